The predicted molar refractivity (Wildman–Crippen MR) is 56.2 cm³/mol. The summed E-state index contributed by atoms with van der Waals surface area (Å²) in [5, 5.41) is 9.55. The number of halogens is 1. The number of hydrogen-bond acceptors (Lipinski definition) is 3. The highest BCUT2D eigenvalue weighted by Gasteiger charge is 2.47. The lowest BCUT2D eigenvalue weighted by atomic mass is 10.1. The Morgan fingerprint density at radius 1 is 1.17 bits per heavy atom. The van der Waals surface area contributed by atoms with Crippen molar-refractivity contribution in [2.45, 2.75) is 25.2 Å². The molecule has 0 N–H and O–H groups in total. The van der Waals surface area contributed by atoms with Crippen LogP contribution in [0.25, 0.3) is 0 Å². The van der Waals surface area contributed by atoms with Crippen LogP contribution in [0.15, 0.2) is 0 Å². The quantitative estimate of drug-likeness (QED) is 0.744. The van der Waals surface area contributed by atoms with Crippen molar-refractivity contribution in [2.24, 2.45) is 11.8 Å². The van der Waals surface area contributed by atoms with Crippen LogP contribution in [0.3, 0.4) is 0 Å². The van der Waals surface area contributed by atoms with Gasteiger partial charge in [0.2, 0.25) is 0 Å². The maximum absolute atomic E-state index is 4.21. The molecule has 2 atom stereocenters. The predicted octanol–water partition coefficient (Wildman–Crippen LogP) is 2.66. The Hall–Kier alpha value is 0.290. The summed E-state index contributed by atoms with van der Waals surface area (Å²) in [5.74, 6) is 2.86. The van der Waals surface area contributed by atoms with Crippen LogP contribution >= 0.6 is 33.9 Å². The minimum absolute atomic E-state index is 0.759. The minimum Gasteiger partial charge on any atom is -0.142 e. The topological polar surface area (TPSA) is 25.8 Å². The summed E-state index contributed by atoms with van der Waals surface area (Å²) in [4.78, 5) is 0. The molecular formula is C8H9IN2S. The third kappa shape index (κ3) is 1.19. The molecule has 2 aliphatic carbocycles. The Bertz CT molecular complexity index is 302. The molecule has 64 valence electrons. The van der Waals surface area contributed by atoms with Gasteiger partial charge in [0.05, 0.1) is 0 Å². The molecule has 0 saturated heterocycles. The van der Waals surface area contributed by atoms with Gasteiger partial charge in [-0.1, -0.05) is 11.3 Å². The van der Waals surface area contributed by atoms with E-state index in [1.54, 1.807) is 11.3 Å². The molecule has 1 aromatic rings. The number of hydrogen-bond donors (Lipinski definition) is 0. The van der Waals surface area contributed by atoms with E-state index in [0.29, 0.717) is 0 Å². The lowest BCUT2D eigenvalue weighted by Crippen LogP contribution is -1.94. The van der Waals surface area contributed by atoms with Crippen LogP contribution in [-0.4, -0.2) is 10.2 Å². The van der Waals surface area contributed by atoms with Crippen LogP contribution in [0, 0.1) is 14.9 Å². The zero-order valence-corrected chi connectivity index (χ0v) is 9.51. The van der Waals surface area contributed by atoms with Gasteiger partial charge < -0.3 is 0 Å². The van der Waals surface area contributed by atoms with Crippen molar-refractivity contribution < 1.29 is 0 Å². The molecule has 0 aromatic carbocycles. The van der Waals surface area contributed by atoms with Gasteiger partial charge in [-0.2, -0.15) is 0 Å². The largest absolute Gasteiger partial charge is 0.178 e. The second kappa shape index (κ2) is 2.64. The first-order valence-corrected chi connectivity index (χ1v) is 6.21. The third-order valence-electron chi connectivity index (χ3n) is 3.01. The van der Waals surface area contributed by atoms with E-state index in [9.17, 15) is 0 Å². The van der Waals surface area contributed by atoms with Gasteiger partial charge >= 0.3 is 0 Å². The second-order valence-corrected chi connectivity index (χ2v) is 6.58. The molecule has 0 amide bonds. The summed E-state index contributed by atoms with van der Waals surface area (Å²) in [7, 11) is 0. The Kier molecular flexibility index (Phi) is 1.69. The lowest BCUT2D eigenvalue weighted by Gasteiger charge is -2.04. The Morgan fingerprint density at radius 2 is 1.92 bits per heavy atom. The Labute approximate surface area is 88.9 Å². The van der Waals surface area contributed by atoms with E-state index in [4.69, 9.17) is 0 Å². The number of aromatic nitrogens is 2. The standard InChI is InChI=1S/C8H9IN2S/c9-8-11-10-7(12-8)6-2-4-1-5(4)3-6/h4-6H,1-3H2. The fraction of sp³-hybridized carbons (Fsp3) is 0.750. The smallest absolute Gasteiger partial charge is 0.142 e. The second-order valence-electron chi connectivity index (χ2n) is 3.82. The van der Waals surface area contributed by atoms with E-state index < -0.39 is 0 Å². The van der Waals surface area contributed by atoms with Gasteiger partial charge in [-0.25, -0.2) is 0 Å². The molecule has 2 fully saturated rings. The van der Waals surface area contributed by atoms with E-state index in [1.165, 1.54) is 24.3 Å². The molecule has 12 heavy (non-hydrogen) atoms. The van der Waals surface area contributed by atoms with Gasteiger partial charge in [-0.05, 0) is 53.7 Å². The van der Waals surface area contributed by atoms with Crippen molar-refractivity contribution in [2.75, 3.05) is 0 Å². The average Bonchev–Trinajstić information content (AvgIpc) is 2.49. The molecule has 0 radical (unpaired) electrons. The van der Waals surface area contributed by atoms with Gasteiger partial charge in [0.1, 0.15) is 5.01 Å². The summed E-state index contributed by atoms with van der Waals surface area (Å²) in [6, 6.07) is 0. The highest BCUT2D eigenvalue weighted by molar-refractivity contribution is 14.1. The first-order valence-electron chi connectivity index (χ1n) is 4.32. The van der Waals surface area contributed by atoms with E-state index in [1.807, 2.05) is 0 Å². The van der Waals surface area contributed by atoms with Crippen LogP contribution in [0.5, 0.6) is 0 Å². The van der Waals surface area contributed by atoms with Gasteiger partial charge in [0.25, 0.3) is 0 Å². The molecule has 0 spiro atoms. The number of nitrogens with zero attached hydrogens (tertiary/aromatic N) is 2. The zero-order chi connectivity index (χ0) is 8.13. The molecule has 0 aliphatic heterocycles. The van der Waals surface area contributed by atoms with Crippen molar-refractivity contribution in [3.63, 3.8) is 0 Å². The summed E-state index contributed by atoms with van der Waals surface area (Å²) < 4.78 is 1.09. The number of fused-ring (bicyclic) bond motifs is 1. The van der Waals surface area contributed by atoms with Crippen molar-refractivity contribution >= 4 is 33.9 Å². The normalized spacial score (nSPS) is 38.2. The summed E-state index contributed by atoms with van der Waals surface area (Å²) in [6.07, 6.45) is 4.26. The van der Waals surface area contributed by atoms with Gasteiger partial charge in [-0.3, -0.25) is 0 Å². The maximum atomic E-state index is 4.21. The van der Waals surface area contributed by atoms with Gasteiger partial charge in [0.15, 0.2) is 3.01 Å². The molecular weight excluding hydrogens is 283 g/mol. The summed E-state index contributed by atoms with van der Waals surface area (Å²) >= 11 is 4.02. The van der Waals surface area contributed by atoms with Gasteiger partial charge in [0, 0.05) is 5.92 Å². The van der Waals surface area contributed by atoms with E-state index in [2.05, 4.69) is 32.8 Å². The van der Waals surface area contributed by atoms with Crippen LogP contribution in [0.1, 0.15) is 30.2 Å². The molecule has 2 aliphatic rings. The van der Waals surface area contributed by atoms with E-state index >= 15 is 0 Å². The van der Waals surface area contributed by atoms with Crippen LogP contribution in [0.2, 0.25) is 0 Å². The molecule has 2 saturated carbocycles. The Balaban J connectivity index is 1.81. The molecule has 2 nitrogen and oxygen atoms in total. The number of rotatable bonds is 1. The minimum atomic E-state index is 0.759. The molecule has 4 heteroatoms. The first kappa shape index (κ1) is 7.67. The van der Waals surface area contributed by atoms with Crippen LogP contribution in [0.4, 0.5) is 0 Å². The summed E-state index contributed by atoms with van der Waals surface area (Å²) in [6.45, 7) is 0. The average molecular weight is 292 g/mol. The first-order chi connectivity index (χ1) is 5.83. The third-order valence-corrected chi connectivity index (χ3v) is 4.76. The van der Waals surface area contributed by atoms with Gasteiger partial charge in [-0.15, -0.1) is 10.2 Å². The van der Waals surface area contributed by atoms with Crippen molar-refractivity contribution in [1.29, 1.82) is 0 Å². The molecule has 1 heterocycles. The molecule has 3 rings (SSSR count). The van der Waals surface area contributed by atoms with Crippen LogP contribution < -0.4 is 0 Å². The fourth-order valence-electron chi connectivity index (χ4n) is 2.30. The fourth-order valence-corrected chi connectivity index (χ4v) is 3.78. The van der Waals surface area contributed by atoms with Crippen LogP contribution in [-0.2, 0) is 0 Å². The maximum Gasteiger partial charge on any atom is 0.178 e. The molecule has 2 unspecified atom stereocenters. The lowest BCUT2D eigenvalue weighted by molar-refractivity contribution is 0.614. The molecule has 1 aromatic heterocycles. The van der Waals surface area contributed by atoms with Crippen molar-refractivity contribution in [1.82, 2.24) is 10.2 Å². The highest BCUT2D eigenvalue weighted by Crippen LogP contribution is 2.57. The van der Waals surface area contributed by atoms with Crippen molar-refractivity contribution in [3.05, 3.63) is 8.02 Å². The highest BCUT2D eigenvalue weighted by atomic mass is 127. The monoisotopic (exact) mass is 292 g/mol. The van der Waals surface area contributed by atoms with E-state index in [-0.39, 0.29) is 0 Å². The molecule has 0 bridgehead atoms. The van der Waals surface area contributed by atoms with Crippen molar-refractivity contribution in [3.8, 4) is 0 Å². The SMILES string of the molecule is Ic1nnc(C2CC3CC3C2)s1. The zero-order valence-electron chi connectivity index (χ0n) is 6.53. The summed E-state index contributed by atoms with van der Waals surface area (Å²) in [5.41, 5.74) is 0. The van der Waals surface area contributed by atoms with E-state index in [0.717, 1.165) is 20.8 Å². The Morgan fingerprint density at radius 3 is 2.50 bits per heavy atom.